The molecule has 0 bridgehead atoms. The van der Waals surface area contributed by atoms with Gasteiger partial charge in [-0.3, -0.25) is 0 Å². The van der Waals surface area contributed by atoms with E-state index in [1.54, 1.807) is 0 Å². The molecule has 2 heteroatoms. The highest BCUT2D eigenvalue weighted by atomic mass is 15.2. The summed E-state index contributed by atoms with van der Waals surface area (Å²) in [5.74, 6) is 1.79. The summed E-state index contributed by atoms with van der Waals surface area (Å²) in [6, 6.07) is 1.65. The molecule has 0 aromatic rings. The molecule has 1 N–H and O–H groups in total. The molecule has 2 atom stereocenters. The molecule has 1 aliphatic carbocycles. The zero-order chi connectivity index (χ0) is 11.5. The van der Waals surface area contributed by atoms with E-state index in [1.165, 1.54) is 45.2 Å². The molecule has 0 aromatic carbocycles. The lowest BCUT2D eigenvalue weighted by atomic mass is 9.84. The second-order valence-electron chi connectivity index (χ2n) is 6.07. The molecule has 2 unspecified atom stereocenters. The second kappa shape index (κ2) is 5.50. The summed E-state index contributed by atoms with van der Waals surface area (Å²) >= 11 is 0. The van der Waals surface area contributed by atoms with Gasteiger partial charge >= 0.3 is 0 Å². The summed E-state index contributed by atoms with van der Waals surface area (Å²) in [6.07, 6.45) is 7.12. The maximum absolute atomic E-state index is 3.46. The number of rotatable bonds is 2. The highest BCUT2D eigenvalue weighted by Gasteiger charge is 2.30. The van der Waals surface area contributed by atoms with Crippen molar-refractivity contribution in [1.82, 2.24) is 10.2 Å². The van der Waals surface area contributed by atoms with Gasteiger partial charge in [-0.05, 0) is 57.5 Å². The summed E-state index contributed by atoms with van der Waals surface area (Å²) in [7, 11) is 2.11. The van der Waals surface area contributed by atoms with Gasteiger partial charge in [-0.15, -0.1) is 0 Å². The standard InChI is InChI=1S/C14H28N2/c1-11-4-6-13(7-5-11)16-9-8-14(15-3)12(2)10-16/h11-15H,4-10H2,1-3H3. The van der Waals surface area contributed by atoms with Crippen LogP contribution >= 0.6 is 0 Å². The molecule has 2 nitrogen and oxygen atoms in total. The average Bonchev–Trinajstić information content (AvgIpc) is 2.30. The minimum atomic E-state index is 0.749. The van der Waals surface area contributed by atoms with Crippen LogP contribution in [-0.2, 0) is 0 Å². The third-order valence-corrected chi connectivity index (χ3v) is 4.81. The Morgan fingerprint density at radius 2 is 1.69 bits per heavy atom. The van der Waals surface area contributed by atoms with E-state index in [0.717, 1.165) is 23.9 Å². The number of nitrogens with one attached hydrogen (secondary N) is 1. The molecule has 1 saturated heterocycles. The Morgan fingerprint density at radius 3 is 2.25 bits per heavy atom. The van der Waals surface area contributed by atoms with Crippen LogP contribution in [-0.4, -0.2) is 37.1 Å². The molecule has 1 saturated carbocycles. The average molecular weight is 224 g/mol. The van der Waals surface area contributed by atoms with Crippen LogP contribution in [0.3, 0.4) is 0 Å². The van der Waals surface area contributed by atoms with Gasteiger partial charge < -0.3 is 10.2 Å². The third-order valence-electron chi connectivity index (χ3n) is 4.81. The van der Waals surface area contributed by atoms with Crippen LogP contribution in [0.1, 0.15) is 46.0 Å². The van der Waals surface area contributed by atoms with Gasteiger partial charge in [0.15, 0.2) is 0 Å². The van der Waals surface area contributed by atoms with Crippen molar-refractivity contribution in [3.05, 3.63) is 0 Å². The molecule has 94 valence electrons. The van der Waals surface area contributed by atoms with Crippen LogP contribution in [0.5, 0.6) is 0 Å². The lowest BCUT2D eigenvalue weighted by molar-refractivity contribution is 0.0777. The van der Waals surface area contributed by atoms with Gasteiger partial charge in [0.05, 0.1) is 0 Å². The number of hydrogen-bond acceptors (Lipinski definition) is 2. The molecule has 0 amide bonds. The van der Waals surface area contributed by atoms with Crippen LogP contribution in [0.15, 0.2) is 0 Å². The van der Waals surface area contributed by atoms with E-state index in [9.17, 15) is 0 Å². The van der Waals surface area contributed by atoms with Crippen molar-refractivity contribution in [2.75, 3.05) is 20.1 Å². The van der Waals surface area contributed by atoms with Crippen molar-refractivity contribution in [1.29, 1.82) is 0 Å². The van der Waals surface area contributed by atoms with E-state index in [2.05, 4.69) is 31.1 Å². The number of likely N-dealkylation sites (tertiary alicyclic amines) is 1. The molecule has 2 fully saturated rings. The van der Waals surface area contributed by atoms with E-state index in [0.29, 0.717) is 0 Å². The first kappa shape index (κ1) is 12.4. The predicted molar refractivity (Wildman–Crippen MR) is 69.6 cm³/mol. The highest BCUT2D eigenvalue weighted by Crippen LogP contribution is 2.29. The molecule has 1 aliphatic heterocycles. The Bertz CT molecular complexity index is 209. The summed E-state index contributed by atoms with van der Waals surface area (Å²) in [4.78, 5) is 2.77. The van der Waals surface area contributed by atoms with Crippen LogP contribution in [0.2, 0.25) is 0 Å². The fourth-order valence-corrected chi connectivity index (χ4v) is 3.55. The van der Waals surface area contributed by atoms with Crippen molar-refractivity contribution >= 4 is 0 Å². The number of piperidine rings is 1. The lowest BCUT2D eigenvalue weighted by Crippen LogP contribution is -2.51. The molecule has 0 aromatic heterocycles. The van der Waals surface area contributed by atoms with Gasteiger partial charge in [0.2, 0.25) is 0 Å². The summed E-state index contributed by atoms with van der Waals surface area (Å²) in [6.45, 7) is 7.43. The van der Waals surface area contributed by atoms with Crippen molar-refractivity contribution in [2.24, 2.45) is 11.8 Å². The molecule has 2 rings (SSSR count). The van der Waals surface area contributed by atoms with Crippen LogP contribution in [0, 0.1) is 11.8 Å². The van der Waals surface area contributed by atoms with Gasteiger partial charge in [-0.25, -0.2) is 0 Å². The van der Waals surface area contributed by atoms with E-state index in [1.807, 2.05) is 0 Å². The normalized spacial score (nSPS) is 42.2. The van der Waals surface area contributed by atoms with Crippen molar-refractivity contribution in [3.8, 4) is 0 Å². The van der Waals surface area contributed by atoms with Crippen molar-refractivity contribution in [3.63, 3.8) is 0 Å². The summed E-state index contributed by atoms with van der Waals surface area (Å²) in [5.41, 5.74) is 0. The fraction of sp³-hybridized carbons (Fsp3) is 1.00. The summed E-state index contributed by atoms with van der Waals surface area (Å²) < 4.78 is 0. The van der Waals surface area contributed by atoms with Gasteiger partial charge in [0.25, 0.3) is 0 Å². The van der Waals surface area contributed by atoms with Gasteiger partial charge in [0, 0.05) is 18.6 Å². The minimum absolute atomic E-state index is 0.749. The number of hydrogen-bond donors (Lipinski definition) is 1. The van der Waals surface area contributed by atoms with Crippen LogP contribution in [0.4, 0.5) is 0 Å². The summed E-state index contributed by atoms with van der Waals surface area (Å²) in [5, 5.41) is 3.46. The van der Waals surface area contributed by atoms with Gasteiger partial charge in [-0.1, -0.05) is 13.8 Å². The van der Waals surface area contributed by atoms with Gasteiger partial charge in [-0.2, -0.15) is 0 Å². The molecular formula is C14H28N2. The monoisotopic (exact) mass is 224 g/mol. The predicted octanol–water partition coefficient (Wildman–Crippen LogP) is 2.49. The quantitative estimate of drug-likeness (QED) is 0.775. The second-order valence-corrected chi connectivity index (χ2v) is 6.07. The topological polar surface area (TPSA) is 15.3 Å². The molecular weight excluding hydrogens is 196 g/mol. The van der Waals surface area contributed by atoms with E-state index in [-0.39, 0.29) is 0 Å². The first-order valence-electron chi connectivity index (χ1n) is 7.12. The first-order chi connectivity index (χ1) is 7.70. The minimum Gasteiger partial charge on any atom is -0.317 e. The maximum Gasteiger partial charge on any atom is 0.0114 e. The first-order valence-corrected chi connectivity index (χ1v) is 7.12. The SMILES string of the molecule is CNC1CCN(C2CCC(C)CC2)CC1C. The zero-order valence-corrected chi connectivity index (χ0v) is 11.2. The third kappa shape index (κ3) is 2.78. The van der Waals surface area contributed by atoms with E-state index in [4.69, 9.17) is 0 Å². The Morgan fingerprint density at radius 1 is 1.00 bits per heavy atom. The lowest BCUT2D eigenvalue weighted by Gasteiger charge is -2.43. The fourth-order valence-electron chi connectivity index (χ4n) is 3.55. The van der Waals surface area contributed by atoms with E-state index >= 15 is 0 Å². The van der Waals surface area contributed by atoms with Crippen LogP contribution in [0.25, 0.3) is 0 Å². The Labute approximate surface area is 101 Å². The van der Waals surface area contributed by atoms with E-state index < -0.39 is 0 Å². The van der Waals surface area contributed by atoms with Crippen molar-refractivity contribution in [2.45, 2.75) is 58.0 Å². The molecule has 16 heavy (non-hydrogen) atoms. The largest absolute Gasteiger partial charge is 0.317 e. The zero-order valence-electron chi connectivity index (χ0n) is 11.2. The molecule has 0 radical (unpaired) electrons. The Balaban J connectivity index is 1.83. The number of nitrogens with zero attached hydrogens (tertiary/aromatic N) is 1. The Hall–Kier alpha value is -0.0800. The highest BCUT2D eigenvalue weighted by molar-refractivity contribution is 4.87. The maximum atomic E-state index is 3.46. The smallest absolute Gasteiger partial charge is 0.0114 e. The van der Waals surface area contributed by atoms with Gasteiger partial charge in [0.1, 0.15) is 0 Å². The Kier molecular flexibility index (Phi) is 4.26. The molecule has 1 heterocycles. The van der Waals surface area contributed by atoms with Crippen LogP contribution < -0.4 is 5.32 Å². The van der Waals surface area contributed by atoms with Crippen molar-refractivity contribution < 1.29 is 0 Å². The molecule has 2 aliphatic rings. The molecule has 0 spiro atoms.